The van der Waals surface area contributed by atoms with Crippen LogP contribution in [0.2, 0.25) is 0 Å². The van der Waals surface area contributed by atoms with Gasteiger partial charge in [0.1, 0.15) is 5.82 Å². The average molecular weight is 342 g/mol. The van der Waals surface area contributed by atoms with Crippen LogP contribution in [0.15, 0.2) is 12.1 Å². The predicted octanol–water partition coefficient (Wildman–Crippen LogP) is 2.94. The van der Waals surface area contributed by atoms with Gasteiger partial charge >= 0.3 is 5.97 Å². The number of rotatable bonds is 3. The normalized spacial score (nSPS) is 16.6. The summed E-state index contributed by atoms with van der Waals surface area (Å²) in [5.74, 6) is -4.75. The van der Waals surface area contributed by atoms with Gasteiger partial charge in [-0.2, -0.15) is 0 Å². The van der Waals surface area contributed by atoms with Crippen molar-refractivity contribution in [3.63, 3.8) is 0 Å². The fraction of sp³-hybridized carbons (Fsp3) is 0.333. The molecule has 0 unspecified atom stereocenters. The third-order valence-corrected chi connectivity index (χ3v) is 4.72. The Bertz CT molecular complexity index is 873. The van der Waals surface area contributed by atoms with E-state index in [1.807, 2.05) is 0 Å². The molecular formula is C15H13F3N2O2S. The number of aromatic nitrogens is 2. The molecule has 3 rings (SSSR count). The van der Waals surface area contributed by atoms with Gasteiger partial charge in [-0.1, -0.05) is 0 Å². The second-order valence-electron chi connectivity index (χ2n) is 5.57. The summed E-state index contributed by atoms with van der Waals surface area (Å²) < 4.78 is 45.0. The summed E-state index contributed by atoms with van der Waals surface area (Å²) in [4.78, 5) is 11.0. The minimum atomic E-state index is -1.20. The second kappa shape index (κ2) is 5.52. The highest BCUT2D eigenvalue weighted by Gasteiger charge is 2.33. The van der Waals surface area contributed by atoms with Crippen LogP contribution in [0.25, 0.3) is 0 Å². The molecule has 1 atom stereocenters. The van der Waals surface area contributed by atoms with Crippen molar-refractivity contribution in [1.29, 1.82) is 0 Å². The summed E-state index contributed by atoms with van der Waals surface area (Å²) in [7, 11) is 1.66. The molecule has 0 bridgehead atoms. The first-order valence-corrected chi connectivity index (χ1v) is 7.34. The summed E-state index contributed by atoms with van der Waals surface area (Å²) in [6, 6.07) is 1.64. The van der Waals surface area contributed by atoms with Gasteiger partial charge in [0.2, 0.25) is 0 Å². The van der Waals surface area contributed by atoms with E-state index < -0.39 is 29.3 Å². The molecule has 23 heavy (non-hydrogen) atoms. The van der Waals surface area contributed by atoms with Crippen molar-refractivity contribution in [3.8, 4) is 0 Å². The molecule has 0 saturated heterocycles. The van der Waals surface area contributed by atoms with Crippen LogP contribution in [-0.2, 0) is 31.2 Å². The maximum atomic E-state index is 14.0. The van der Waals surface area contributed by atoms with Crippen LogP contribution in [0.5, 0.6) is 0 Å². The van der Waals surface area contributed by atoms with E-state index in [2.05, 4.69) is 0 Å². The summed E-state index contributed by atoms with van der Waals surface area (Å²) >= 11 is 5.26. The molecule has 2 aromatic rings. The molecule has 8 heteroatoms. The number of fused-ring (bicyclic) bond motifs is 1. The minimum absolute atomic E-state index is 0.193. The van der Waals surface area contributed by atoms with Crippen LogP contribution < -0.4 is 0 Å². The van der Waals surface area contributed by atoms with Crippen molar-refractivity contribution in [2.75, 3.05) is 0 Å². The van der Waals surface area contributed by atoms with Crippen molar-refractivity contribution >= 4 is 18.2 Å². The topological polar surface area (TPSA) is 47.2 Å². The molecule has 0 aliphatic carbocycles. The molecule has 1 aliphatic heterocycles. The number of halogens is 3. The number of nitrogens with zero attached hydrogens (tertiary/aromatic N) is 2. The highest BCUT2D eigenvalue weighted by molar-refractivity contribution is 7.71. The van der Waals surface area contributed by atoms with Gasteiger partial charge in [0, 0.05) is 30.8 Å². The molecule has 0 radical (unpaired) electrons. The van der Waals surface area contributed by atoms with Crippen LogP contribution >= 0.6 is 12.2 Å². The number of imidazole rings is 1. The maximum Gasteiger partial charge on any atom is 0.309 e. The van der Waals surface area contributed by atoms with Gasteiger partial charge in [0.25, 0.3) is 0 Å². The van der Waals surface area contributed by atoms with Crippen LogP contribution in [0.1, 0.15) is 22.9 Å². The minimum Gasteiger partial charge on any atom is -0.481 e. The Morgan fingerprint density at radius 3 is 2.65 bits per heavy atom. The summed E-state index contributed by atoms with van der Waals surface area (Å²) in [5, 5.41) is 9.01. The van der Waals surface area contributed by atoms with Gasteiger partial charge in [-0.05, 0) is 30.8 Å². The Morgan fingerprint density at radius 2 is 2.00 bits per heavy atom. The lowest BCUT2D eigenvalue weighted by atomic mass is 9.95. The van der Waals surface area contributed by atoms with Crippen LogP contribution in [-0.4, -0.2) is 20.2 Å². The first kappa shape index (κ1) is 15.8. The predicted molar refractivity (Wildman–Crippen MR) is 78.3 cm³/mol. The number of carboxylic acid groups (broad SMARTS) is 1. The molecular weight excluding hydrogens is 329 g/mol. The molecule has 1 aromatic carbocycles. The van der Waals surface area contributed by atoms with E-state index in [9.17, 15) is 18.0 Å². The Balaban J connectivity index is 2.05. The third-order valence-electron chi connectivity index (χ3n) is 4.23. The Kier molecular flexibility index (Phi) is 3.79. The molecule has 0 amide bonds. The number of carboxylic acids is 1. The molecule has 1 N–H and O–H groups in total. The summed E-state index contributed by atoms with van der Waals surface area (Å²) in [6.07, 6.45) is -0.0201. The van der Waals surface area contributed by atoms with E-state index in [-0.39, 0.29) is 24.9 Å². The molecule has 1 aliphatic rings. The molecule has 0 spiro atoms. The van der Waals surface area contributed by atoms with E-state index in [0.29, 0.717) is 16.2 Å². The quantitative estimate of drug-likeness (QED) is 0.689. The molecule has 1 aromatic heterocycles. The zero-order valence-corrected chi connectivity index (χ0v) is 13.0. The average Bonchev–Trinajstić information content (AvgIpc) is 2.99. The summed E-state index contributed by atoms with van der Waals surface area (Å²) in [5.41, 5.74) is 0.821. The first-order chi connectivity index (χ1) is 10.8. The van der Waals surface area contributed by atoms with E-state index in [1.165, 1.54) is 0 Å². The molecule has 2 heterocycles. The van der Waals surface area contributed by atoms with Crippen molar-refractivity contribution in [2.24, 2.45) is 7.05 Å². The van der Waals surface area contributed by atoms with Crippen LogP contribution in [0.3, 0.4) is 0 Å². The highest BCUT2D eigenvalue weighted by Crippen LogP contribution is 2.35. The Morgan fingerprint density at radius 1 is 1.35 bits per heavy atom. The number of aliphatic carboxylic acids is 1. The number of benzene rings is 1. The lowest BCUT2D eigenvalue weighted by Crippen LogP contribution is -2.11. The second-order valence-corrected chi connectivity index (χ2v) is 5.94. The first-order valence-electron chi connectivity index (χ1n) is 6.93. The Labute approximate surface area is 134 Å². The number of hydrogen-bond acceptors (Lipinski definition) is 2. The van der Waals surface area contributed by atoms with Gasteiger partial charge in [0.05, 0.1) is 12.1 Å². The smallest absolute Gasteiger partial charge is 0.309 e. The van der Waals surface area contributed by atoms with Crippen molar-refractivity contribution in [2.45, 2.75) is 25.3 Å². The Hall–Kier alpha value is -2.09. The lowest BCUT2D eigenvalue weighted by molar-refractivity contribution is -0.136. The standard InChI is InChI=1S/C15H13F3N2O2S/c1-19-10(5-12(21)22)11-4-7(6-20(11)15(19)23)13-8(16)2-3-9(17)14(13)18/h2-3,7H,4-6H2,1H3,(H,21,22)/t7-/m0/s1. The van der Waals surface area contributed by atoms with Crippen LogP contribution in [0, 0.1) is 22.2 Å². The van der Waals surface area contributed by atoms with Crippen LogP contribution in [0.4, 0.5) is 13.2 Å². The van der Waals surface area contributed by atoms with E-state index >= 15 is 0 Å². The molecule has 122 valence electrons. The zero-order chi connectivity index (χ0) is 16.9. The lowest BCUT2D eigenvalue weighted by Gasteiger charge is -2.13. The molecule has 0 saturated carbocycles. The summed E-state index contributed by atoms with van der Waals surface area (Å²) in [6.45, 7) is 0.193. The van der Waals surface area contributed by atoms with Gasteiger partial charge in [-0.25, -0.2) is 13.2 Å². The number of hydrogen-bond donors (Lipinski definition) is 1. The van der Waals surface area contributed by atoms with E-state index in [4.69, 9.17) is 17.3 Å². The molecule has 4 nitrogen and oxygen atoms in total. The number of carbonyl (C=O) groups is 1. The third kappa shape index (κ3) is 2.46. The van der Waals surface area contributed by atoms with Crippen molar-refractivity contribution < 1.29 is 23.1 Å². The van der Waals surface area contributed by atoms with Gasteiger partial charge in [-0.15, -0.1) is 0 Å². The van der Waals surface area contributed by atoms with Gasteiger partial charge in [0.15, 0.2) is 16.4 Å². The van der Waals surface area contributed by atoms with Crippen molar-refractivity contribution in [3.05, 3.63) is 51.3 Å². The van der Waals surface area contributed by atoms with E-state index in [0.717, 1.165) is 12.1 Å². The SMILES string of the molecule is Cn1c(CC(=O)O)c2n(c1=S)C[C@@H](c1c(F)ccc(F)c1F)C2. The monoisotopic (exact) mass is 342 g/mol. The molecule has 0 fully saturated rings. The van der Waals surface area contributed by atoms with Gasteiger partial charge in [-0.3, -0.25) is 4.79 Å². The zero-order valence-electron chi connectivity index (χ0n) is 12.1. The van der Waals surface area contributed by atoms with Crippen molar-refractivity contribution in [1.82, 2.24) is 9.13 Å². The van der Waals surface area contributed by atoms with Gasteiger partial charge < -0.3 is 14.2 Å². The van der Waals surface area contributed by atoms with E-state index in [1.54, 1.807) is 16.2 Å². The fourth-order valence-corrected chi connectivity index (χ4v) is 3.47. The fourth-order valence-electron chi connectivity index (χ4n) is 3.17. The largest absolute Gasteiger partial charge is 0.481 e. The highest BCUT2D eigenvalue weighted by atomic mass is 32.1. The maximum absolute atomic E-state index is 14.0.